The van der Waals surface area contributed by atoms with E-state index in [1.165, 1.54) is 0 Å². The number of allylic oxidation sites excluding steroid dienone is 2. The van der Waals surface area contributed by atoms with Gasteiger partial charge in [-0.3, -0.25) is 0 Å². The molecule has 0 aliphatic rings. The minimum Gasteiger partial charge on any atom is -0.462 e. The Hall–Kier alpha value is -1.31. The van der Waals surface area contributed by atoms with Gasteiger partial charge < -0.3 is 4.74 Å². The van der Waals surface area contributed by atoms with Crippen molar-refractivity contribution in [3.05, 3.63) is 37.0 Å². The van der Waals surface area contributed by atoms with E-state index in [2.05, 4.69) is 13.2 Å². The van der Waals surface area contributed by atoms with Crippen molar-refractivity contribution in [2.75, 3.05) is 6.61 Å². The van der Waals surface area contributed by atoms with Crippen LogP contribution >= 0.6 is 0 Å². The number of ether oxygens (including phenoxy) is 1. The summed E-state index contributed by atoms with van der Waals surface area (Å²) in [4.78, 5) is 11.1. The summed E-state index contributed by atoms with van der Waals surface area (Å²) in [6.07, 6.45) is 6.74. The minimum atomic E-state index is -0.355. The van der Waals surface area contributed by atoms with Crippen LogP contribution in [0, 0.1) is 0 Å². The Kier molecular flexibility index (Phi) is 6.60. The van der Waals surface area contributed by atoms with Gasteiger partial charge in [0.2, 0.25) is 0 Å². The van der Waals surface area contributed by atoms with Crippen LogP contribution in [0.15, 0.2) is 37.0 Å². The molecule has 0 aromatic carbocycles. The number of esters is 1. The van der Waals surface area contributed by atoms with E-state index >= 15 is 0 Å². The molecule has 13 heavy (non-hydrogen) atoms. The molecule has 2 nitrogen and oxygen atoms in total. The van der Waals surface area contributed by atoms with Gasteiger partial charge in [0.15, 0.2) is 0 Å². The molecule has 2 heteroatoms. The number of rotatable bonds is 6. The maximum atomic E-state index is 11.1. The molecular formula is C11H16O2. The highest BCUT2D eigenvalue weighted by molar-refractivity contribution is 5.90. The van der Waals surface area contributed by atoms with Crippen LogP contribution in [-0.2, 0) is 9.53 Å². The van der Waals surface area contributed by atoms with Gasteiger partial charge in [0.05, 0.1) is 12.2 Å². The summed E-state index contributed by atoms with van der Waals surface area (Å²) in [6, 6.07) is 0. The normalized spacial score (nSPS) is 9.92. The van der Waals surface area contributed by atoms with E-state index in [0.717, 1.165) is 12.8 Å². The highest BCUT2D eigenvalue weighted by atomic mass is 16.5. The smallest absolute Gasteiger partial charge is 0.337 e. The fourth-order valence-electron chi connectivity index (χ4n) is 0.654. The molecule has 0 spiro atoms. The number of carbonyl (C=O) groups is 1. The van der Waals surface area contributed by atoms with E-state index < -0.39 is 0 Å². The zero-order chi connectivity index (χ0) is 10.1. The van der Waals surface area contributed by atoms with Crippen molar-refractivity contribution in [1.82, 2.24) is 0 Å². The Morgan fingerprint density at radius 2 is 2.23 bits per heavy atom. The largest absolute Gasteiger partial charge is 0.462 e. The predicted octanol–water partition coefficient (Wildman–Crippen LogP) is 2.63. The van der Waals surface area contributed by atoms with E-state index in [1.54, 1.807) is 18.2 Å². The molecule has 0 aliphatic carbocycles. The van der Waals surface area contributed by atoms with Gasteiger partial charge >= 0.3 is 5.97 Å². The first-order valence-electron chi connectivity index (χ1n) is 4.37. The molecule has 0 rings (SSSR count). The summed E-state index contributed by atoms with van der Waals surface area (Å²) in [6.45, 7) is 9.56. The average Bonchev–Trinajstić information content (AvgIpc) is 2.14. The first kappa shape index (κ1) is 11.7. The first-order chi connectivity index (χ1) is 6.22. The average molecular weight is 180 g/mol. The van der Waals surface area contributed by atoms with E-state index in [0.29, 0.717) is 12.2 Å². The minimum absolute atomic E-state index is 0.355. The third kappa shape index (κ3) is 5.91. The summed E-state index contributed by atoms with van der Waals surface area (Å²) in [5.41, 5.74) is 0.357. The molecule has 0 N–H and O–H groups in total. The Bertz CT molecular complexity index is 214. The van der Waals surface area contributed by atoms with E-state index in [1.807, 2.05) is 6.92 Å². The second-order valence-corrected chi connectivity index (χ2v) is 2.61. The SMILES string of the molecule is C=CC=CC(=C)C(=O)OCCCC. The topological polar surface area (TPSA) is 26.3 Å². The van der Waals surface area contributed by atoms with Crippen LogP contribution in [0.25, 0.3) is 0 Å². The van der Waals surface area contributed by atoms with Crippen LogP contribution in [0.1, 0.15) is 19.8 Å². The van der Waals surface area contributed by atoms with Gasteiger partial charge in [0.1, 0.15) is 0 Å². The molecule has 0 saturated carbocycles. The second kappa shape index (κ2) is 7.35. The van der Waals surface area contributed by atoms with Crippen LogP contribution in [0.2, 0.25) is 0 Å². The van der Waals surface area contributed by atoms with Gasteiger partial charge in [0, 0.05) is 0 Å². The quantitative estimate of drug-likeness (QED) is 0.272. The maximum Gasteiger partial charge on any atom is 0.337 e. The standard InChI is InChI=1S/C11H16O2/c1-4-6-8-10(3)11(12)13-9-7-5-2/h4,6,8H,1,3,5,7,9H2,2H3. The Balaban J connectivity index is 3.76. The van der Waals surface area contributed by atoms with Gasteiger partial charge in [0.25, 0.3) is 0 Å². The summed E-state index contributed by atoms with van der Waals surface area (Å²) >= 11 is 0. The van der Waals surface area contributed by atoms with Gasteiger partial charge in [-0.2, -0.15) is 0 Å². The maximum absolute atomic E-state index is 11.1. The van der Waals surface area contributed by atoms with Crippen molar-refractivity contribution in [2.24, 2.45) is 0 Å². The van der Waals surface area contributed by atoms with Gasteiger partial charge in [-0.25, -0.2) is 4.79 Å². The molecule has 0 bridgehead atoms. The van der Waals surface area contributed by atoms with E-state index in [-0.39, 0.29) is 5.97 Å². The third-order valence-electron chi connectivity index (χ3n) is 1.43. The van der Waals surface area contributed by atoms with Crippen molar-refractivity contribution in [2.45, 2.75) is 19.8 Å². The summed E-state index contributed by atoms with van der Waals surface area (Å²) < 4.78 is 4.92. The molecule has 0 aliphatic heterocycles. The zero-order valence-electron chi connectivity index (χ0n) is 8.08. The molecule has 0 aromatic rings. The van der Waals surface area contributed by atoms with Crippen molar-refractivity contribution in [1.29, 1.82) is 0 Å². The fourth-order valence-corrected chi connectivity index (χ4v) is 0.654. The van der Waals surface area contributed by atoms with Gasteiger partial charge in [-0.05, 0) is 12.5 Å². The van der Waals surface area contributed by atoms with E-state index in [9.17, 15) is 4.79 Å². The van der Waals surface area contributed by atoms with Crippen LogP contribution < -0.4 is 0 Å². The number of hydrogen-bond donors (Lipinski definition) is 0. The Morgan fingerprint density at radius 1 is 1.54 bits per heavy atom. The lowest BCUT2D eigenvalue weighted by Gasteiger charge is -2.02. The lowest BCUT2D eigenvalue weighted by atomic mass is 10.3. The lowest BCUT2D eigenvalue weighted by Crippen LogP contribution is -2.06. The van der Waals surface area contributed by atoms with Crippen molar-refractivity contribution < 1.29 is 9.53 Å². The number of unbranched alkanes of at least 4 members (excludes halogenated alkanes) is 1. The van der Waals surface area contributed by atoms with Crippen LogP contribution in [0.5, 0.6) is 0 Å². The van der Waals surface area contributed by atoms with Gasteiger partial charge in [-0.15, -0.1) is 0 Å². The highest BCUT2D eigenvalue weighted by Crippen LogP contribution is 1.98. The van der Waals surface area contributed by atoms with Crippen molar-refractivity contribution in [3.8, 4) is 0 Å². The predicted molar refractivity (Wildman–Crippen MR) is 54.3 cm³/mol. The first-order valence-corrected chi connectivity index (χ1v) is 4.37. The second-order valence-electron chi connectivity index (χ2n) is 2.61. The molecular weight excluding hydrogens is 164 g/mol. The number of hydrogen-bond acceptors (Lipinski definition) is 2. The summed E-state index contributed by atoms with van der Waals surface area (Å²) in [5.74, 6) is -0.355. The molecule has 0 amide bonds. The number of carbonyl (C=O) groups excluding carboxylic acids is 1. The molecule has 0 saturated heterocycles. The van der Waals surface area contributed by atoms with Crippen LogP contribution in [0.3, 0.4) is 0 Å². The monoisotopic (exact) mass is 180 g/mol. The highest BCUT2D eigenvalue weighted by Gasteiger charge is 2.03. The van der Waals surface area contributed by atoms with Crippen LogP contribution in [0.4, 0.5) is 0 Å². The fraction of sp³-hybridized carbons (Fsp3) is 0.364. The van der Waals surface area contributed by atoms with Crippen LogP contribution in [-0.4, -0.2) is 12.6 Å². The van der Waals surface area contributed by atoms with Crippen molar-refractivity contribution in [3.63, 3.8) is 0 Å². The Labute approximate surface area is 79.6 Å². The molecule has 0 unspecified atom stereocenters. The molecule has 0 fully saturated rings. The molecule has 0 radical (unpaired) electrons. The lowest BCUT2D eigenvalue weighted by molar-refractivity contribution is -0.138. The third-order valence-corrected chi connectivity index (χ3v) is 1.43. The summed E-state index contributed by atoms with van der Waals surface area (Å²) in [7, 11) is 0. The van der Waals surface area contributed by atoms with Gasteiger partial charge in [-0.1, -0.05) is 38.7 Å². The molecule has 72 valence electrons. The zero-order valence-corrected chi connectivity index (χ0v) is 8.08. The molecule has 0 heterocycles. The summed E-state index contributed by atoms with van der Waals surface area (Å²) in [5, 5.41) is 0. The molecule has 0 aromatic heterocycles. The van der Waals surface area contributed by atoms with Crippen molar-refractivity contribution >= 4 is 5.97 Å². The Morgan fingerprint density at radius 3 is 2.77 bits per heavy atom. The molecule has 0 atom stereocenters. The van der Waals surface area contributed by atoms with E-state index in [4.69, 9.17) is 4.74 Å².